The minimum atomic E-state index is -0.488. The van der Waals surface area contributed by atoms with Crippen LogP contribution in [0.4, 0.5) is 0 Å². The van der Waals surface area contributed by atoms with Gasteiger partial charge >= 0.3 is 0 Å². The van der Waals surface area contributed by atoms with E-state index in [1.54, 1.807) is 0 Å². The fourth-order valence-electron chi connectivity index (χ4n) is 2.76. The third-order valence-electron chi connectivity index (χ3n) is 4.73. The normalized spacial score (nSPS) is 13.2. The molecule has 0 heterocycles. The zero-order chi connectivity index (χ0) is 18.4. The molecule has 3 heteroatoms. The number of aryl methyl sites for hydroxylation is 2. The third kappa shape index (κ3) is 4.85. The van der Waals surface area contributed by atoms with Crippen LogP contribution in [-0.4, -0.2) is 12.0 Å². The second-order valence-corrected chi connectivity index (χ2v) is 6.54. The van der Waals surface area contributed by atoms with Crippen LogP contribution in [0.15, 0.2) is 42.5 Å². The molecule has 25 heavy (non-hydrogen) atoms. The monoisotopic (exact) mass is 339 g/mol. The molecule has 0 aliphatic heterocycles. The van der Waals surface area contributed by atoms with Gasteiger partial charge in [0, 0.05) is 0 Å². The van der Waals surface area contributed by atoms with Crippen LogP contribution in [0.3, 0.4) is 0 Å². The van der Waals surface area contributed by atoms with E-state index in [0.29, 0.717) is 6.42 Å². The smallest absolute Gasteiger partial charge is 0.261 e. The van der Waals surface area contributed by atoms with Crippen molar-refractivity contribution >= 4 is 5.91 Å². The minimum absolute atomic E-state index is 0.0466. The Morgan fingerprint density at radius 3 is 2.36 bits per heavy atom. The molecule has 2 aromatic rings. The summed E-state index contributed by atoms with van der Waals surface area (Å²) in [5.41, 5.74) is 4.65. The van der Waals surface area contributed by atoms with Gasteiger partial charge in [-0.1, -0.05) is 50.2 Å². The van der Waals surface area contributed by atoms with Gasteiger partial charge in [0.1, 0.15) is 5.75 Å². The molecule has 0 aromatic heterocycles. The second-order valence-electron chi connectivity index (χ2n) is 6.54. The summed E-state index contributed by atoms with van der Waals surface area (Å²) in [5, 5.41) is 3.08. The quantitative estimate of drug-likeness (QED) is 0.779. The number of nitrogens with one attached hydrogen (secondary N) is 1. The first kappa shape index (κ1) is 19.0. The Morgan fingerprint density at radius 1 is 1.08 bits per heavy atom. The van der Waals surface area contributed by atoms with E-state index in [4.69, 9.17) is 4.74 Å². The Kier molecular flexibility index (Phi) is 6.63. The molecule has 0 unspecified atom stereocenters. The van der Waals surface area contributed by atoms with Gasteiger partial charge in [-0.25, -0.2) is 0 Å². The van der Waals surface area contributed by atoms with Gasteiger partial charge in [-0.2, -0.15) is 0 Å². The Bertz CT molecular complexity index is 706. The molecule has 0 aliphatic rings. The van der Waals surface area contributed by atoms with Crippen molar-refractivity contribution in [2.45, 2.75) is 59.6 Å². The van der Waals surface area contributed by atoms with Crippen molar-refractivity contribution in [3.8, 4) is 5.75 Å². The number of rotatable bonds is 7. The molecule has 0 fully saturated rings. The summed E-state index contributed by atoms with van der Waals surface area (Å²) in [4.78, 5) is 12.6. The summed E-state index contributed by atoms with van der Waals surface area (Å²) in [6.07, 6.45) is 1.15. The number of carbonyl (C=O) groups excluding carboxylic acids is 1. The molecule has 0 aliphatic carbocycles. The first-order valence-corrected chi connectivity index (χ1v) is 9.08. The molecule has 0 spiro atoms. The predicted molar refractivity (Wildman–Crippen MR) is 103 cm³/mol. The Hall–Kier alpha value is -2.29. The van der Waals surface area contributed by atoms with E-state index in [0.717, 1.165) is 28.9 Å². The van der Waals surface area contributed by atoms with E-state index in [1.807, 2.05) is 45.9 Å². The van der Waals surface area contributed by atoms with Gasteiger partial charge in [-0.3, -0.25) is 4.79 Å². The zero-order valence-electron chi connectivity index (χ0n) is 15.9. The summed E-state index contributed by atoms with van der Waals surface area (Å²) in [6.45, 7) is 10.2. The van der Waals surface area contributed by atoms with Gasteiger partial charge in [-0.05, 0) is 61.9 Å². The molecule has 2 rings (SSSR count). The molecular weight excluding hydrogens is 310 g/mol. The third-order valence-corrected chi connectivity index (χ3v) is 4.73. The standard InChI is InChI=1S/C22H29NO2/c1-6-18-11-13-19(14-12-18)17(5)23-22(24)20(7-2)25-21-10-8-9-15(3)16(21)4/h8-14,17,20H,6-7H2,1-5H3,(H,23,24)/t17-,20+/m1/s1. The van der Waals surface area contributed by atoms with E-state index >= 15 is 0 Å². The van der Waals surface area contributed by atoms with Crippen molar-refractivity contribution in [2.75, 3.05) is 0 Å². The highest BCUT2D eigenvalue weighted by atomic mass is 16.5. The molecule has 3 nitrogen and oxygen atoms in total. The number of ether oxygens (including phenoxy) is 1. The van der Waals surface area contributed by atoms with E-state index in [1.165, 1.54) is 5.56 Å². The molecule has 1 amide bonds. The van der Waals surface area contributed by atoms with Crippen molar-refractivity contribution in [2.24, 2.45) is 0 Å². The van der Waals surface area contributed by atoms with Crippen molar-refractivity contribution < 1.29 is 9.53 Å². The van der Waals surface area contributed by atoms with Crippen molar-refractivity contribution in [3.63, 3.8) is 0 Å². The number of hydrogen-bond acceptors (Lipinski definition) is 2. The highest BCUT2D eigenvalue weighted by Gasteiger charge is 2.21. The largest absolute Gasteiger partial charge is 0.480 e. The summed E-state index contributed by atoms with van der Waals surface area (Å²) in [6, 6.07) is 14.3. The van der Waals surface area contributed by atoms with Crippen LogP contribution in [0.5, 0.6) is 5.75 Å². The van der Waals surface area contributed by atoms with Crippen molar-refractivity contribution in [1.29, 1.82) is 0 Å². The highest BCUT2D eigenvalue weighted by molar-refractivity contribution is 5.81. The first-order chi connectivity index (χ1) is 12.0. The molecule has 1 N–H and O–H groups in total. The number of benzene rings is 2. The van der Waals surface area contributed by atoms with Gasteiger partial charge in [0.05, 0.1) is 6.04 Å². The molecule has 0 saturated heterocycles. The van der Waals surface area contributed by atoms with Crippen molar-refractivity contribution in [3.05, 3.63) is 64.7 Å². The van der Waals surface area contributed by atoms with E-state index in [9.17, 15) is 4.79 Å². The lowest BCUT2D eigenvalue weighted by atomic mass is 10.0. The maximum absolute atomic E-state index is 12.6. The van der Waals surface area contributed by atoms with Crippen LogP contribution in [0, 0.1) is 13.8 Å². The Balaban J connectivity index is 2.04. The van der Waals surface area contributed by atoms with Crippen LogP contribution in [0.2, 0.25) is 0 Å². The lowest BCUT2D eigenvalue weighted by molar-refractivity contribution is -0.128. The number of hydrogen-bond donors (Lipinski definition) is 1. The molecule has 2 atom stereocenters. The SMILES string of the molecule is CCc1ccc([C@@H](C)NC(=O)[C@H](CC)Oc2cccc(C)c2C)cc1. The van der Waals surface area contributed by atoms with E-state index < -0.39 is 6.10 Å². The van der Waals surface area contributed by atoms with Crippen LogP contribution in [-0.2, 0) is 11.2 Å². The van der Waals surface area contributed by atoms with Crippen LogP contribution in [0.25, 0.3) is 0 Å². The van der Waals surface area contributed by atoms with Crippen LogP contribution >= 0.6 is 0 Å². The Morgan fingerprint density at radius 2 is 1.76 bits per heavy atom. The van der Waals surface area contributed by atoms with E-state index in [-0.39, 0.29) is 11.9 Å². The van der Waals surface area contributed by atoms with Gasteiger partial charge < -0.3 is 10.1 Å². The molecule has 0 bridgehead atoms. The average Bonchev–Trinajstić information content (AvgIpc) is 2.62. The lowest BCUT2D eigenvalue weighted by Gasteiger charge is -2.22. The van der Waals surface area contributed by atoms with E-state index in [2.05, 4.69) is 36.5 Å². The highest BCUT2D eigenvalue weighted by Crippen LogP contribution is 2.23. The topological polar surface area (TPSA) is 38.3 Å². The number of amides is 1. The van der Waals surface area contributed by atoms with Gasteiger partial charge in [-0.15, -0.1) is 0 Å². The maximum Gasteiger partial charge on any atom is 0.261 e. The molecule has 2 aromatic carbocycles. The molecular formula is C22H29NO2. The molecule has 0 radical (unpaired) electrons. The van der Waals surface area contributed by atoms with Gasteiger partial charge in [0.25, 0.3) is 5.91 Å². The second kappa shape index (κ2) is 8.70. The minimum Gasteiger partial charge on any atom is -0.480 e. The van der Waals surface area contributed by atoms with Crippen LogP contribution < -0.4 is 10.1 Å². The first-order valence-electron chi connectivity index (χ1n) is 9.08. The predicted octanol–water partition coefficient (Wildman–Crippen LogP) is 4.90. The summed E-state index contributed by atoms with van der Waals surface area (Å²) >= 11 is 0. The summed E-state index contributed by atoms with van der Waals surface area (Å²) in [7, 11) is 0. The van der Waals surface area contributed by atoms with Gasteiger partial charge in [0.15, 0.2) is 6.10 Å². The lowest BCUT2D eigenvalue weighted by Crippen LogP contribution is -2.39. The fourth-order valence-corrected chi connectivity index (χ4v) is 2.76. The maximum atomic E-state index is 12.6. The Labute approximate surface area is 151 Å². The summed E-state index contributed by atoms with van der Waals surface area (Å²) < 4.78 is 6.00. The van der Waals surface area contributed by atoms with Crippen LogP contribution in [0.1, 0.15) is 55.5 Å². The molecule has 134 valence electrons. The molecule has 0 saturated carbocycles. The fraction of sp³-hybridized carbons (Fsp3) is 0.409. The van der Waals surface area contributed by atoms with Gasteiger partial charge in [0.2, 0.25) is 0 Å². The summed E-state index contributed by atoms with van der Waals surface area (Å²) in [5.74, 6) is 0.706. The average molecular weight is 339 g/mol. The number of carbonyl (C=O) groups is 1. The zero-order valence-corrected chi connectivity index (χ0v) is 15.9. The van der Waals surface area contributed by atoms with Crippen molar-refractivity contribution in [1.82, 2.24) is 5.32 Å².